The minimum atomic E-state index is 0.115. The number of thiophene rings is 1. The van der Waals surface area contributed by atoms with Gasteiger partial charge in [-0.1, -0.05) is 29.8 Å². The van der Waals surface area contributed by atoms with Crippen LogP contribution in [0.25, 0.3) is 0 Å². The molecule has 2 nitrogen and oxygen atoms in total. The molecular weight excluding hydrogens is 264 g/mol. The second kappa shape index (κ2) is 5.85. The summed E-state index contributed by atoms with van der Waals surface area (Å²) in [6, 6.07) is 10.6. The van der Waals surface area contributed by atoms with Crippen LogP contribution in [0.1, 0.15) is 27.6 Å². The van der Waals surface area contributed by atoms with Crippen molar-refractivity contribution in [2.75, 3.05) is 0 Å². The van der Waals surface area contributed by atoms with E-state index in [4.69, 9.17) is 17.4 Å². The molecule has 0 saturated heterocycles. The Hall–Kier alpha value is -0.870. The average molecular weight is 281 g/mol. The van der Waals surface area contributed by atoms with Gasteiger partial charge in [0, 0.05) is 4.88 Å². The largest absolute Gasteiger partial charge is 0.271 e. The first kappa shape index (κ1) is 13.6. The van der Waals surface area contributed by atoms with Crippen molar-refractivity contribution < 1.29 is 0 Å². The summed E-state index contributed by atoms with van der Waals surface area (Å²) < 4.78 is 0.797. The number of hydrazine groups is 1. The Morgan fingerprint density at radius 2 is 2.00 bits per heavy atom. The summed E-state index contributed by atoms with van der Waals surface area (Å²) in [5, 5.41) is 0. The molecule has 0 radical (unpaired) electrons. The molecule has 1 heterocycles. The number of halogens is 1. The predicted molar refractivity (Wildman–Crippen MR) is 79.0 cm³/mol. The third kappa shape index (κ3) is 3.12. The molecule has 1 aromatic heterocycles. The van der Waals surface area contributed by atoms with Gasteiger partial charge in [-0.25, -0.2) is 0 Å². The molecule has 0 bridgehead atoms. The van der Waals surface area contributed by atoms with E-state index in [2.05, 4.69) is 37.5 Å². The van der Waals surface area contributed by atoms with Gasteiger partial charge in [0.15, 0.2) is 0 Å². The molecule has 0 amide bonds. The molecule has 96 valence electrons. The molecule has 0 aliphatic heterocycles. The minimum absolute atomic E-state index is 0.115. The van der Waals surface area contributed by atoms with Gasteiger partial charge >= 0.3 is 0 Å². The lowest BCUT2D eigenvalue weighted by Gasteiger charge is -2.15. The lowest BCUT2D eigenvalue weighted by Crippen LogP contribution is -2.28. The fourth-order valence-electron chi connectivity index (χ4n) is 1.92. The predicted octanol–water partition coefficient (Wildman–Crippen LogP) is 3.77. The van der Waals surface area contributed by atoms with Crippen LogP contribution in [-0.2, 0) is 6.42 Å². The Morgan fingerprint density at radius 1 is 1.22 bits per heavy atom. The van der Waals surface area contributed by atoms with Crippen molar-refractivity contribution in [1.29, 1.82) is 0 Å². The first-order valence-corrected chi connectivity index (χ1v) is 7.07. The fourth-order valence-corrected chi connectivity index (χ4v) is 3.04. The normalized spacial score (nSPS) is 12.7. The molecule has 0 spiro atoms. The second-order valence-electron chi connectivity index (χ2n) is 4.48. The molecule has 1 aromatic carbocycles. The Labute approximate surface area is 117 Å². The number of aryl methyl sites for hydroxylation is 2. The number of hydrogen-bond acceptors (Lipinski definition) is 3. The molecule has 2 rings (SSSR count). The van der Waals surface area contributed by atoms with E-state index in [0.29, 0.717) is 0 Å². The lowest BCUT2D eigenvalue weighted by molar-refractivity contribution is 0.560. The van der Waals surface area contributed by atoms with Crippen LogP contribution in [0.3, 0.4) is 0 Å². The highest BCUT2D eigenvalue weighted by Gasteiger charge is 2.13. The zero-order valence-corrected chi connectivity index (χ0v) is 12.1. The zero-order valence-electron chi connectivity index (χ0n) is 10.5. The fraction of sp³-hybridized carbons (Fsp3) is 0.286. The van der Waals surface area contributed by atoms with E-state index in [0.717, 1.165) is 10.8 Å². The molecule has 4 heteroatoms. The third-order valence-electron chi connectivity index (χ3n) is 3.15. The first-order chi connectivity index (χ1) is 8.60. The van der Waals surface area contributed by atoms with Gasteiger partial charge < -0.3 is 0 Å². The van der Waals surface area contributed by atoms with Crippen LogP contribution in [0.2, 0.25) is 4.34 Å². The standard InChI is InChI=1S/C14H17ClN2S/c1-9-3-4-11(7-10(9)2)8-12(17-16)13-5-6-14(15)18-13/h3-7,12,17H,8,16H2,1-2H3. The van der Waals surface area contributed by atoms with Gasteiger partial charge in [-0.3, -0.25) is 11.3 Å². The molecule has 1 atom stereocenters. The number of rotatable bonds is 4. The summed E-state index contributed by atoms with van der Waals surface area (Å²) in [7, 11) is 0. The molecule has 2 aromatic rings. The van der Waals surface area contributed by atoms with Crippen LogP contribution in [0.5, 0.6) is 0 Å². The number of nitrogens with two attached hydrogens (primary N) is 1. The van der Waals surface area contributed by atoms with E-state index in [1.165, 1.54) is 21.6 Å². The van der Waals surface area contributed by atoms with Crippen molar-refractivity contribution in [3.8, 4) is 0 Å². The SMILES string of the molecule is Cc1ccc(CC(NN)c2ccc(Cl)s2)cc1C. The Morgan fingerprint density at radius 3 is 2.56 bits per heavy atom. The molecule has 18 heavy (non-hydrogen) atoms. The molecular formula is C14H17ClN2S. The molecule has 0 aliphatic carbocycles. The van der Waals surface area contributed by atoms with Crippen molar-refractivity contribution in [3.05, 3.63) is 56.2 Å². The van der Waals surface area contributed by atoms with Gasteiger partial charge in [0.2, 0.25) is 0 Å². The highest BCUT2D eigenvalue weighted by atomic mass is 35.5. The van der Waals surface area contributed by atoms with Crippen LogP contribution in [0.4, 0.5) is 0 Å². The van der Waals surface area contributed by atoms with E-state index in [1.54, 1.807) is 11.3 Å². The van der Waals surface area contributed by atoms with Crippen molar-refractivity contribution in [1.82, 2.24) is 5.43 Å². The summed E-state index contributed by atoms with van der Waals surface area (Å²) >= 11 is 7.53. The van der Waals surface area contributed by atoms with Crippen LogP contribution >= 0.6 is 22.9 Å². The highest BCUT2D eigenvalue weighted by molar-refractivity contribution is 7.16. The average Bonchev–Trinajstić information content (AvgIpc) is 2.77. The van der Waals surface area contributed by atoms with E-state index in [9.17, 15) is 0 Å². The Kier molecular flexibility index (Phi) is 4.40. The Bertz CT molecular complexity index is 536. The van der Waals surface area contributed by atoms with Crippen LogP contribution in [0.15, 0.2) is 30.3 Å². The quantitative estimate of drug-likeness (QED) is 0.661. The maximum Gasteiger partial charge on any atom is 0.0931 e. The maximum atomic E-state index is 5.96. The molecule has 0 aliphatic rings. The van der Waals surface area contributed by atoms with Gasteiger partial charge in [0.05, 0.1) is 10.4 Å². The number of nitrogens with one attached hydrogen (secondary N) is 1. The molecule has 0 fully saturated rings. The first-order valence-electron chi connectivity index (χ1n) is 5.87. The van der Waals surface area contributed by atoms with E-state index < -0.39 is 0 Å². The highest BCUT2D eigenvalue weighted by Crippen LogP contribution is 2.28. The zero-order chi connectivity index (χ0) is 13.1. The van der Waals surface area contributed by atoms with Gasteiger partial charge in [-0.2, -0.15) is 0 Å². The Balaban J connectivity index is 2.17. The van der Waals surface area contributed by atoms with Gasteiger partial charge in [-0.05, 0) is 49.1 Å². The minimum Gasteiger partial charge on any atom is -0.271 e. The van der Waals surface area contributed by atoms with Crippen molar-refractivity contribution >= 4 is 22.9 Å². The van der Waals surface area contributed by atoms with Crippen LogP contribution in [0, 0.1) is 13.8 Å². The summed E-state index contributed by atoms with van der Waals surface area (Å²) in [6.07, 6.45) is 0.870. The topological polar surface area (TPSA) is 38.0 Å². The van der Waals surface area contributed by atoms with E-state index >= 15 is 0 Å². The second-order valence-corrected chi connectivity index (χ2v) is 6.23. The number of hydrogen-bond donors (Lipinski definition) is 2. The third-order valence-corrected chi connectivity index (χ3v) is 4.49. The monoisotopic (exact) mass is 280 g/mol. The lowest BCUT2D eigenvalue weighted by atomic mass is 10.0. The van der Waals surface area contributed by atoms with E-state index in [1.807, 2.05) is 12.1 Å². The van der Waals surface area contributed by atoms with Gasteiger partial charge in [0.25, 0.3) is 0 Å². The summed E-state index contributed by atoms with van der Waals surface area (Å²) in [5.74, 6) is 5.64. The summed E-state index contributed by atoms with van der Waals surface area (Å²) in [4.78, 5) is 1.17. The van der Waals surface area contributed by atoms with Crippen molar-refractivity contribution in [2.45, 2.75) is 26.3 Å². The summed E-state index contributed by atoms with van der Waals surface area (Å²) in [5.41, 5.74) is 6.78. The smallest absolute Gasteiger partial charge is 0.0931 e. The van der Waals surface area contributed by atoms with Crippen LogP contribution < -0.4 is 11.3 Å². The summed E-state index contributed by atoms with van der Waals surface area (Å²) in [6.45, 7) is 4.25. The van der Waals surface area contributed by atoms with Crippen molar-refractivity contribution in [3.63, 3.8) is 0 Å². The van der Waals surface area contributed by atoms with Gasteiger partial charge in [-0.15, -0.1) is 11.3 Å². The van der Waals surface area contributed by atoms with Crippen LogP contribution in [-0.4, -0.2) is 0 Å². The van der Waals surface area contributed by atoms with E-state index in [-0.39, 0.29) is 6.04 Å². The number of benzene rings is 1. The molecule has 0 saturated carbocycles. The molecule has 1 unspecified atom stereocenters. The van der Waals surface area contributed by atoms with Crippen molar-refractivity contribution in [2.24, 2.45) is 5.84 Å². The molecule has 3 N–H and O–H groups in total. The van der Waals surface area contributed by atoms with Gasteiger partial charge in [0.1, 0.15) is 0 Å². The maximum absolute atomic E-state index is 5.96.